The van der Waals surface area contributed by atoms with Crippen LogP contribution in [-0.4, -0.2) is 53.0 Å². The number of carbonyl (C=O) groups is 1. The Morgan fingerprint density at radius 2 is 1.57 bits per heavy atom. The molecule has 0 aliphatic heterocycles. The molecule has 0 saturated heterocycles. The fourth-order valence-electron chi connectivity index (χ4n) is 2.60. The molecule has 2 aromatic rings. The largest absolute Gasteiger partial charge is 0.495 e. The molecule has 2 rings (SSSR count). The van der Waals surface area contributed by atoms with E-state index in [-0.39, 0.29) is 6.03 Å². The topological polar surface area (TPSA) is 69.3 Å². The number of ether oxygens (including phenoxy) is 4. The van der Waals surface area contributed by atoms with Gasteiger partial charge in [0.2, 0.25) is 0 Å². The molecule has 7 nitrogen and oxygen atoms in total. The van der Waals surface area contributed by atoms with E-state index in [2.05, 4.69) is 5.32 Å². The van der Waals surface area contributed by atoms with Gasteiger partial charge in [0.25, 0.3) is 0 Å². The molecule has 0 saturated carbocycles. The molecular formula is C20H25ClN2O5. The second-order valence-corrected chi connectivity index (χ2v) is 6.39. The lowest BCUT2D eigenvalue weighted by molar-refractivity contribution is 0.223. The number of nitrogens with one attached hydrogen (secondary N) is 1. The maximum Gasteiger partial charge on any atom is 0.321 e. The van der Waals surface area contributed by atoms with Gasteiger partial charge in [-0.1, -0.05) is 17.7 Å². The van der Waals surface area contributed by atoms with Crippen molar-refractivity contribution in [1.29, 1.82) is 0 Å². The van der Waals surface area contributed by atoms with Crippen molar-refractivity contribution in [2.75, 3.05) is 47.3 Å². The van der Waals surface area contributed by atoms with E-state index in [1.165, 1.54) is 14.2 Å². The third-order valence-electron chi connectivity index (χ3n) is 4.25. The number of hydrogen-bond donors (Lipinski definition) is 1. The smallest absolute Gasteiger partial charge is 0.321 e. The molecule has 0 spiro atoms. The zero-order chi connectivity index (χ0) is 20.7. The SMILES string of the molecule is COc1cc(NC(=O)N(C)CCc2ccc(OC)c(OC)c2)c(OC)cc1Cl. The Labute approximate surface area is 170 Å². The van der Waals surface area contributed by atoms with Gasteiger partial charge < -0.3 is 29.2 Å². The normalized spacial score (nSPS) is 10.2. The molecule has 0 aliphatic rings. The maximum absolute atomic E-state index is 12.6. The highest BCUT2D eigenvalue weighted by atomic mass is 35.5. The summed E-state index contributed by atoms with van der Waals surface area (Å²) in [5.41, 5.74) is 1.51. The second-order valence-electron chi connectivity index (χ2n) is 5.98. The van der Waals surface area contributed by atoms with Crippen molar-refractivity contribution in [2.24, 2.45) is 0 Å². The summed E-state index contributed by atoms with van der Waals surface area (Å²) >= 11 is 6.10. The minimum absolute atomic E-state index is 0.275. The number of methoxy groups -OCH3 is 4. The number of hydrogen-bond acceptors (Lipinski definition) is 5. The van der Waals surface area contributed by atoms with Gasteiger partial charge in [-0.3, -0.25) is 0 Å². The first-order valence-electron chi connectivity index (χ1n) is 8.58. The highest BCUT2D eigenvalue weighted by molar-refractivity contribution is 6.32. The average molecular weight is 409 g/mol. The monoisotopic (exact) mass is 408 g/mol. The van der Waals surface area contributed by atoms with E-state index in [0.29, 0.717) is 46.7 Å². The Morgan fingerprint density at radius 1 is 0.929 bits per heavy atom. The molecule has 2 amide bonds. The zero-order valence-electron chi connectivity index (χ0n) is 16.7. The highest BCUT2D eigenvalue weighted by Gasteiger charge is 2.15. The quantitative estimate of drug-likeness (QED) is 0.712. The van der Waals surface area contributed by atoms with E-state index in [9.17, 15) is 4.79 Å². The first kappa shape index (κ1) is 21.5. The van der Waals surface area contributed by atoms with E-state index in [0.717, 1.165) is 5.56 Å². The standard InChI is InChI=1S/C20H25ClN2O5/c1-23(9-8-13-6-7-16(25-2)19(10-13)28-5)20(24)22-15-12-17(26-3)14(21)11-18(15)27-4/h6-7,10-12H,8-9H2,1-5H3,(H,22,24). The van der Waals surface area contributed by atoms with Crippen LogP contribution in [0.5, 0.6) is 23.0 Å². The Kier molecular flexibility index (Phi) is 7.63. The molecule has 0 atom stereocenters. The lowest BCUT2D eigenvalue weighted by Gasteiger charge is -2.20. The van der Waals surface area contributed by atoms with Gasteiger partial charge in [-0.15, -0.1) is 0 Å². The van der Waals surface area contributed by atoms with Crippen LogP contribution >= 0.6 is 11.6 Å². The first-order chi connectivity index (χ1) is 13.4. The van der Waals surface area contributed by atoms with Crippen LogP contribution in [0.2, 0.25) is 5.02 Å². The van der Waals surface area contributed by atoms with Crippen LogP contribution in [0.4, 0.5) is 10.5 Å². The van der Waals surface area contributed by atoms with Crippen LogP contribution in [0.25, 0.3) is 0 Å². The van der Waals surface area contributed by atoms with Gasteiger partial charge in [0.05, 0.1) is 39.1 Å². The van der Waals surface area contributed by atoms with Crippen molar-refractivity contribution in [1.82, 2.24) is 4.90 Å². The van der Waals surface area contributed by atoms with Crippen molar-refractivity contribution >= 4 is 23.3 Å². The molecule has 0 aliphatic carbocycles. The van der Waals surface area contributed by atoms with Crippen LogP contribution in [0.15, 0.2) is 30.3 Å². The van der Waals surface area contributed by atoms with E-state index in [1.54, 1.807) is 38.3 Å². The van der Waals surface area contributed by atoms with Crippen molar-refractivity contribution in [3.63, 3.8) is 0 Å². The number of rotatable bonds is 8. The van der Waals surface area contributed by atoms with E-state index in [4.69, 9.17) is 30.5 Å². The third-order valence-corrected chi connectivity index (χ3v) is 4.54. The van der Waals surface area contributed by atoms with Gasteiger partial charge in [0, 0.05) is 25.7 Å². The summed E-state index contributed by atoms with van der Waals surface area (Å²) in [7, 11) is 7.92. The van der Waals surface area contributed by atoms with Gasteiger partial charge in [-0.2, -0.15) is 0 Å². The lowest BCUT2D eigenvalue weighted by atomic mass is 10.1. The summed E-state index contributed by atoms with van der Waals surface area (Å²) in [4.78, 5) is 14.1. The molecule has 1 N–H and O–H groups in total. The van der Waals surface area contributed by atoms with Crippen LogP contribution in [0, 0.1) is 0 Å². The number of urea groups is 1. The Balaban J connectivity index is 2.04. The number of benzene rings is 2. The number of likely N-dealkylation sites (N-methyl/N-ethyl adjacent to an activating group) is 1. The summed E-state index contributed by atoms with van der Waals surface area (Å²) in [6.07, 6.45) is 0.658. The predicted molar refractivity (Wildman–Crippen MR) is 109 cm³/mol. The molecular weight excluding hydrogens is 384 g/mol. The highest BCUT2D eigenvalue weighted by Crippen LogP contribution is 2.36. The Morgan fingerprint density at radius 3 is 2.18 bits per heavy atom. The molecule has 0 aromatic heterocycles. The van der Waals surface area contributed by atoms with Crippen LogP contribution in [0.3, 0.4) is 0 Å². The summed E-state index contributed by atoms with van der Waals surface area (Å²) in [5, 5.41) is 3.22. The zero-order valence-corrected chi connectivity index (χ0v) is 17.4. The van der Waals surface area contributed by atoms with E-state index < -0.39 is 0 Å². The predicted octanol–water partition coefficient (Wildman–Crippen LogP) is 4.08. The fourth-order valence-corrected chi connectivity index (χ4v) is 2.83. The molecule has 0 radical (unpaired) electrons. The molecule has 2 aromatic carbocycles. The van der Waals surface area contributed by atoms with Crippen LogP contribution < -0.4 is 24.3 Å². The Bertz CT molecular complexity index is 828. The third kappa shape index (κ3) is 5.13. The molecule has 0 heterocycles. The van der Waals surface area contributed by atoms with Crippen LogP contribution in [0.1, 0.15) is 5.56 Å². The number of anilines is 1. The van der Waals surface area contributed by atoms with Crippen molar-refractivity contribution < 1.29 is 23.7 Å². The van der Waals surface area contributed by atoms with Gasteiger partial charge in [0.1, 0.15) is 11.5 Å². The number of carbonyl (C=O) groups excluding carboxylic acids is 1. The first-order valence-corrected chi connectivity index (χ1v) is 8.95. The number of amides is 2. The molecule has 8 heteroatoms. The molecule has 0 bridgehead atoms. The van der Waals surface area contributed by atoms with Gasteiger partial charge in [-0.25, -0.2) is 4.79 Å². The molecule has 28 heavy (non-hydrogen) atoms. The molecule has 0 fully saturated rings. The lowest BCUT2D eigenvalue weighted by Crippen LogP contribution is -2.33. The maximum atomic E-state index is 12.6. The van der Waals surface area contributed by atoms with Crippen molar-refractivity contribution in [3.05, 3.63) is 40.9 Å². The van der Waals surface area contributed by atoms with E-state index >= 15 is 0 Å². The van der Waals surface area contributed by atoms with Crippen LogP contribution in [-0.2, 0) is 6.42 Å². The summed E-state index contributed by atoms with van der Waals surface area (Å²) < 4.78 is 21.0. The molecule has 0 unspecified atom stereocenters. The second kappa shape index (κ2) is 9.94. The minimum atomic E-state index is -0.275. The summed E-state index contributed by atoms with van der Waals surface area (Å²) in [6, 6.07) is 8.64. The number of nitrogens with zero attached hydrogens (tertiary/aromatic N) is 1. The van der Waals surface area contributed by atoms with E-state index in [1.807, 2.05) is 18.2 Å². The average Bonchev–Trinajstić information content (AvgIpc) is 2.72. The van der Waals surface area contributed by atoms with Gasteiger partial charge in [0.15, 0.2) is 11.5 Å². The minimum Gasteiger partial charge on any atom is -0.495 e. The summed E-state index contributed by atoms with van der Waals surface area (Å²) in [5.74, 6) is 2.23. The Hall–Kier alpha value is -2.80. The van der Waals surface area contributed by atoms with Crippen molar-refractivity contribution in [2.45, 2.75) is 6.42 Å². The summed E-state index contributed by atoms with van der Waals surface area (Å²) in [6.45, 7) is 0.508. The van der Waals surface area contributed by atoms with Crippen molar-refractivity contribution in [3.8, 4) is 23.0 Å². The van der Waals surface area contributed by atoms with Gasteiger partial charge >= 0.3 is 6.03 Å². The number of halogens is 1. The molecule has 152 valence electrons. The fraction of sp³-hybridized carbons (Fsp3) is 0.350. The van der Waals surface area contributed by atoms with Gasteiger partial charge in [-0.05, 0) is 24.1 Å².